The molecular weight excluding hydrogens is 192 g/mol. The van der Waals surface area contributed by atoms with Crippen molar-refractivity contribution in [3.8, 4) is 0 Å². The van der Waals surface area contributed by atoms with Gasteiger partial charge in [-0.3, -0.25) is 0 Å². The Morgan fingerprint density at radius 1 is 1.07 bits per heavy atom. The summed E-state index contributed by atoms with van der Waals surface area (Å²) in [5.74, 6) is 0. The molecule has 1 heterocycles. The molecule has 0 unspecified atom stereocenters. The molecule has 3 heteroatoms. The van der Waals surface area contributed by atoms with Crippen LogP contribution in [0.1, 0.15) is 15.6 Å². The number of rotatable bonds is 2. The number of hydrogen-bond donors (Lipinski definition) is 0. The number of aryl methyl sites for hydroxylation is 1. The first kappa shape index (κ1) is 9.09. The van der Waals surface area contributed by atoms with Gasteiger partial charge >= 0.3 is 0 Å². The van der Waals surface area contributed by atoms with E-state index in [4.69, 9.17) is 0 Å². The summed E-state index contributed by atoms with van der Waals surface area (Å²) in [6.45, 7) is 1.96. The molecule has 0 spiro atoms. The summed E-state index contributed by atoms with van der Waals surface area (Å²) in [4.78, 5) is 0. The maximum atomic E-state index is 4.01. The highest BCUT2D eigenvalue weighted by Crippen LogP contribution is 2.12. The molecule has 0 aliphatic carbocycles. The Balaban J connectivity index is 2.15. The molecule has 14 heavy (non-hydrogen) atoms. The molecule has 1 aromatic carbocycles. The lowest BCUT2D eigenvalue weighted by Gasteiger charge is -1.88. The van der Waals surface area contributed by atoms with Crippen molar-refractivity contribution in [1.29, 1.82) is 0 Å². The van der Waals surface area contributed by atoms with Gasteiger partial charge in [-0.05, 0) is 18.6 Å². The summed E-state index contributed by atoms with van der Waals surface area (Å²) in [7, 11) is 0. The summed E-state index contributed by atoms with van der Waals surface area (Å²) >= 11 is 1.60. The van der Waals surface area contributed by atoms with E-state index in [9.17, 15) is 0 Å². The average Bonchev–Trinajstić information content (AvgIpc) is 2.63. The van der Waals surface area contributed by atoms with Crippen LogP contribution in [0.25, 0.3) is 12.2 Å². The second-order valence-electron chi connectivity index (χ2n) is 2.90. The first-order valence-corrected chi connectivity index (χ1v) is 5.19. The van der Waals surface area contributed by atoms with Gasteiger partial charge in [0.25, 0.3) is 0 Å². The number of benzene rings is 1. The van der Waals surface area contributed by atoms with E-state index in [1.807, 2.05) is 37.3 Å². The molecule has 2 nitrogen and oxygen atoms in total. The van der Waals surface area contributed by atoms with Crippen LogP contribution in [0.15, 0.2) is 30.3 Å². The summed E-state index contributed by atoms with van der Waals surface area (Å²) in [5.41, 5.74) is 1.18. The Morgan fingerprint density at radius 2 is 1.86 bits per heavy atom. The largest absolute Gasteiger partial charge is 0.144 e. The van der Waals surface area contributed by atoms with Crippen LogP contribution in [-0.4, -0.2) is 10.2 Å². The van der Waals surface area contributed by atoms with E-state index in [0.717, 1.165) is 10.0 Å². The van der Waals surface area contributed by atoms with Crippen LogP contribution in [0.5, 0.6) is 0 Å². The zero-order valence-corrected chi connectivity index (χ0v) is 8.66. The van der Waals surface area contributed by atoms with E-state index in [0.29, 0.717) is 0 Å². The minimum Gasteiger partial charge on any atom is -0.144 e. The molecule has 0 aliphatic rings. The monoisotopic (exact) mass is 202 g/mol. The molecule has 0 amide bonds. The van der Waals surface area contributed by atoms with Crippen molar-refractivity contribution in [2.75, 3.05) is 0 Å². The van der Waals surface area contributed by atoms with Gasteiger partial charge in [0.1, 0.15) is 10.0 Å². The van der Waals surface area contributed by atoms with E-state index in [1.165, 1.54) is 5.56 Å². The van der Waals surface area contributed by atoms with Crippen molar-refractivity contribution >= 4 is 23.5 Å². The second-order valence-corrected chi connectivity index (χ2v) is 4.12. The lowest BCUT2D eigenvalue weighted by Crippen LogP contribution is -1.71. The van der Waals surface area contributed by atoms with Crippen LogP contribution in [-0.2, 0) is 0 Å². The van der Waals surface area contributed by atoms with Crippen molar-refractivity contribution in [3.05, 3.63) is 45.9 Å². The van der Waals surface area contributed by atoms with Gasteiger partial charge in [0, 0.05) is 0 Å². The standard InChI is InChI=1S/C11H10N2S/c1-9-12-13-11(14-9)8-7-10-5-3-2-4-6-10/h2-8H,1H3/b8-7+. The topological polar surface area (TPSA) is 25.8 Å². The summed E-state index contributed by atoms with van der Waals surface area (Å²) in [5, 5.41) is 9.91. The van der Waals surface area contributed by atoms with E-state index in [2.05, 4.69) is 22.3 Å². The molecule has 0 radical (unpaired) electrons. The lowest BCUT2D eigenvalue weighted by atomic mass is 10.2. The fourth-order valence-corrected chi connectivity index (χ4v) is 1.71. The highest BCUT2D eigenvalue weighted by molar-refractivity contribution is 7.12. The molecule has 0 saturated heterocycles. The first-order chi connectivity index (χ1) is 6.84. The van der Waals surface area contributed by atoms with Gasteiger partial charge < -0.3 is 0 Å². The van der Waals surface area contributed by atoms with Gasteiger partial charge in [-0.25, -0.2) is 0 Å². The van der Waals surface area contributed by atoms with Crippen LogP contribution in [0, 0.1) is 6.92 Å². The van der Waals surface area contributed by atoms with Crippen LogP contribution < -0.4 is 0 Å². The molecule has 0 fully saturated rings. The molecule has 1 aromatic heterocycles. The van der Waals surface area contributed by atoms with Crippen LogP contribution >= 0.6 is 11.3 Å². The number of aromatic nitrogens is 2. The van der Waals surface area contributed by atoms with Crippen molar-refractivity contribution in [2.45, 2.75) is 6.92 Å². The summed E-state index contributed by atoms with van der Waals surface area (Å²) in [6, 6.07) is 10.2. The summed E-state index contributed by atoms with van der Waals surface area (Å²) < 4.78 is 0. The van der Waals surface area contributed by atoms with E-state index >= 15 is 0 Å². The maximum absolute atomic E-state index is 4.01. The fraction of sp³-hybridized carbons (Fsp3) is 0.0909. The SMILES string of the molecule is Cc1nnc(/C=C/c2ccccc2)s1. The average molecular weight is 202 g/mol. The van der Waals surface area contributed by atoms with Crippen LogP contribution in [0.3, 0.4) is 0 Å². The van der Waals surface area contributed by atoms with Gasteiger partial charge in [-0.2, -0.15) is 0 Å². The fourth-order valence-electron chi connectivity index (χ4n) is 1.11. The van der Waals surface area contributed by atoms with Crippen molar-refractivity contribution in [3.63, 3.8) is 0 Å². The quantitative estimate of drug-likeness (QED) is 0.748. The molecule has 70 valence electrons. The molecule has 0 N–H and O–H groups in total. The Morgan fingerprint density at radius 3 is 2.50 bits per heavy atom. The van der Waals surface area contributed by atoms with Crippen molar-refractivity contribution < 1.29 is 0 Å². The third-order valence-electron chi connectivity index (χ3n) is 1.76. The third kappa shape index (κ3) is 2.26. The van der Waals surface area contributed by atoms with E-state index in [1.54, 1.807) is 11.3 Å². The van der Waals surface area contributed by atoms with Gasteiger partial charge in [-0.1, -0.05) is 47.7 Å². The molecule has 2 aromatic rings. The number of hydrogen-bond acceptors (Lipinski definition) is 3. The van der Waals surface area contributed by atoms with E-state index in [-0.39, 0.29) is 0 Å². The second kappa shape index (κ2) is 4.15. The lowest BCUT2D eigenvalue weighted by molar-refractivity contribution is 1.04. The molecular formula is C11H10N2S. The van der Waals surface area contributed by atoms with E-state index < -0.39 is 0 Å². The Labute approximate surface area is 86.9 Å². The third-order valence-corrected chi connectivity index (χ3v) is 2.56. The highest BCUT2D eigenvalue weighted by Gasteiger charge is 1.93. The summed E-state index contributed by atoms with van der Waals surface area (Å²) in [6.07, 6.45) is 4.03. The van der Waals surface area contributed by atoms with Gasteiger partial charge in [0.05, 0.1) is 0 Å². The molecule has 0 atom stereocenters. The van der Waals surface area contributed by atoms with Gasteiger partial charge in [0.2, 0.25) is 0 Å². The van der Waals surface area contributed by atoms with Gasteiger partial charge in [-0.15, -0.1) is 10.2 Å². The van der Waals surface area contributed by atoms with Crippen LogP contribution in [0.4, 0.5) is 0 Å². The maximum Gasteiger partial charge on any atom is 0.140 e. The minimum atomic E-state index is 0.950. The first-order valence-electron chi connectivity index (χ1n) is 4.38. The molecule has 0 bridgehead atoms. The van der Waals surface area contributed by atoms with Crippen molar-refractivity contribution in [1.82, 2.24) is 10.2 Å². The molecule has 2 rings (SSSR count). The Bertz CT molecular complexity index is 432. The normalized spacial score (nSPS) is 10.9. The van der Waals surface area contributed by atoms with Gasteiger partial charge in [0.15, 0.2) is 0 Å². The predicted octanol–water partition coefficient (Wildman–Crippen LogP) is 3.02. The zero-order chi connectivity index (χ0) is 9.80. The molecule has 0 aliphatic heterocycles. The smallest absolute Gasteiger partial charge is 0.140 e. The predicted molar refractivity (Wildman–Crippen MR) is 60.0 cm³/mol. The highest BCUT2D eigenvalue weighted by atomic mass is 32.1. The number of nitrogens with zero attached hydrogens (tertiary/aromatic N) is 2. The Hall–Kier alpha value is -1.48. The van der Waals surface area contributed by atoms with Crippen molar-refractivity contribution in [2.24, 2.45) is 0 Å². The Kier molecular flexibility index (Phi) is 2.70. The molecule has 0 saturated carbocycles. The van der Waals surface area contributed by atoms with Crippen LogP contribution in [0.2, 0.25) is 0 Å². The minimum absolute atomic E-state index is 0.950. The zero-order valence-electron chi connectivity index (χ0n) is 7.84.